The Labute approximate surface area is 148 Å². The van der Waals surface area contributed by atoms with Crippen LogP contribution in [0.5, 0.6) is 0 Å². The van der Waals surface area contributed by atoms with Gasteiger partial charge >= 0.3 is 0 Å². The first-order chi connectivity index (χ1) is 12.1. The number of anilines is 2. The molecule has 0 aliphatic heterocycles. The lowest BCUT2D eigenvalue weighted by Crippen LogP contribution is -2.32. The van der Waals surface area contributed by atoms with Gasteiger partial charge in [-0.05, 0) is 37.1 Å². The van der Waals surface area contributed by atoms with E-state index in [0.29, 0.717) is 24.1 Å². The van der Waals surface area contributed by atoms with Crippen LogP contribution in [0.15, 0.2) is 36.7 Å². The average molecular weight is 339 g/mol. The van der Waals surface area contributed by atoms with Crippen molar-refractivity contribution in [1.29, 1.82) is 0 Å². The molecule has 3 rings (SSSR count). The summed E-state index contributed by atoms with van der Waals surface area (Å²) in [5.74, 6) is 0.715. The summed E-state index contributed by atoms with van der Waals surface area (Å²) in [6, 6.07) is 7.92. The standard InChI is InChI=1S/C19H25N5O/c1-24(2)19-21-12-14(13-22-19)11-20-16-9-7-15(8-10-16)18(25)23-17-5-3-4-6-17/h7-10,12-13,17,20H,3-6,11H2,1-2H3,(H,23,25). The van der Waals surface area contributed by atoms with E-state index in [2.05, 4.69) is 20.6 Å². The van der Waals surface area contributed by atoms with Gasteiger partial charge in [-0.15, -0.1) is 0 Å². The Morgan fingerprint density at radius 1 is 1.12 bits per heavy atom. The van der Waals surface area contributed by atoms with Crippen molar-refractivity contribution < 1.29 is 4.79 Å². The maximum absolute atomic E-state index is 12.2. The van der Waals surface area contributed by atoms with E-state index in [1.54, 1.807) is 0 Å². The van der Waals surface area contributed by atoms with Crippen LogP contribution in [0.3, 0.4) is 0 Å². The zero-order valence-corrected chi connectivity index (χ0v) is 14.8. The minimum absolute atomic E-state index is 0.0196. The van der Waals surface area contributed by atoms with E-state index in [1.165, 1.54) is 12.8 Å². The molecule has 0 atom stereocenters. The lowest BCUT2D eigenvalue weighted by molar-refractivity contribution is 0.0938. The lowest BCUT2D eigenvalue weighted by Gasteiger charge is -2.13. The summed E-state index contributed by atoms with van der Waals surface area (Å²) in [5.41, 5.74) is 2.68. The second-order valence-electron chi connectivity index (χ2n) is 6.67. The normalized spacial score (nSPS) is 14.3. The van der Waals surface area contributed by atoms with Gasteiger partial charge in [0.1, 0.15) is 0 Å². The van der Waals surface area contributed by atoms with Crippen molar-refractivity contribution in [2.45, 2.75) is 38.3 Å². The van der Waals surface area contributed by atoms with Crippen molar-refractivity contribution in [2.75, 3.05) is 24.3 Å². The van der Waals surface area contributed by atoms with Crippen LogP contribution in [0.2, 0.25) is 0 Å². The molecule has 25 heavy (non-hydrogen) atoms. The summed E-state index contributed by atoms with van der Waals surface area (Å²) < 4.78 is 0. The van der Waals surface area contributed by atoms with E-state index in [-0.39, 0.29) is 5.91 Å². The Bertz CT molecular complexity index is 691. The van der Waals surface area contributed by atoms with E-state index >= 15 is 0 Å². The largest absolute Gasteiger partial charge is 0.381 e. The highest BCUT2D eigenvalue weighted by Gasteiger charge is 2.17. The molecule has 1 aromatic carbocycles. The van der Waals surface area contributed by atoms with Crippen molar-refractivity contribution in [3.8, 4) is 0 Å². The molecule has 1 amide bonds. The van der Waals surface area contributed by atoms with Gasteiger partial charge in [0.15, 0.2) is 0 Å². The van der Waals surface area contributed by atoms with Crippen molar-refractivity contribution in [3.05, 3.63) is 47.8 Å². The summed E-state index contributed by atoms with van der Waals surface area (Å²) in [6.45, 7) is 0.640. The molecule has 1 aliphatic rings. The SMILES string of the molecule is CN(C)c1ncc(CNc2ccc(C(=O)NC3CCCC3)cc2)cn1. The number of nitrogens with one attached hydrogen (secondary N) is 2. The van der Waals surface area contributed by atoms with E-state index in [4.69, 9.17) is 0 Å². The summed E-state index contributed by atoms with van der Waals surface area (Å²) in [6.07, 6.45) is 8.26. The third-order valence-corrected chi connectivity index (χ3v) is 4.43. The molecule has 2 N–H and O–H groups in total. The molecule has 1 aromatic heterocycles. The minimum Gasteiger partial charge on any atom is -0.381 e. The van der Waals surface area contributed by atoms with Crippen LogP contribution in [0.4, 0.5) is 11.6 Å². The predicted octanol–water partition coefficient (Wildman–Crippen LogP) is 2.83. The molecular formula is C19H25N5O. The molecule has 1 fully saturated rings. The molecule has 6 nitrogen and oxygen atoms in total. The van der Waals surface area contributed by atoms with Crippen LogP contribution < -0.4 is 15.5 Å². The number of amides is 1. The van der Waals surface area contributed by atoms with E-state index in [9.17, 15) is 4.79 Å². The van der Waals surface area contributed by atoms with Gasteiger partial charge in [-0.3, -0.25) is 4.79 Å². The topological polar surface area (TPSA) is 70.2 Å². The zero-order valence-electron chi connectivity index (χ0n) is 14.8. The third kappa shape index (κ3) is 4.68. The Hall–Kier alpha value is -2.63. The number of carbonyl (C=O) groups is 1. The van der Waals surface area contributed by atoms with Crippen LogP contribution >= 0.6 is 0 Å². The lowest BCUT2D eigenvalue weighted by atomic mass is 10.1. The van der Waals surface area contributed by atoms with Crippen molar-refractivity contribution in [1.82, 2.24) is 15.3 Å². The van der Waals surface area contributed by atoms with Crippen molar-refractivity contribution >= 4 is 17.5 Å². The van der Waals surface area contributed by atoms with Gasteiger partial charge in [-0.25, -0.2) is 9.97 Å². The first kappa shape index (κ1) is 17.2. The highest BCUT2D eigenvalue weighted by atomic mass is 16.1. The van der Waals surface area contributed by atoms with E-state index in [0.717, 1.165) is 24.1 Å². The quantitative estimate of drug-likeness (QED) is 0.847. The van der Waals surface area contributed by atoms with Crippen LogP contribution in [0, 0.1) is 0 Å². The molecular weight excluding hydrogens is 314 g/mol. The summed E-state index contributed by atoms with van der Waals surface area (Å²) in [5, 5.41) is 6.43. The van der Waals surface area contributed by atoms with E-state index < -0.39 is 0 Å². The number of hydrogen-bond donors (Lipinski definition) is 2. The second-order valence-corrected chi connectivity index (χ2v) is 6.67. The van der Waals surface area contributed by atoms with Crippen LogP contribution in [-0.2, 0) is 6.54 Å². The zero-order chi connectivity index (χ0) is 17.6. The Kier molecular flexibility index (Phi) is 5.48. The highest BCUT2D eigenvalue weighted by Crippen LogP contribution is 2.18. The van der Waals surface area contributed by atoms with E-state index in [1.807, 2.05) is 55.7 Å². The van der Waals surface area contributed by atoms with Gasteiger partial charge in [-0.1, -0.05) is 12.8 Å². The van der Waals surface area contributed by atoms with Gasteiger partial charge in [0, 0.05) is 55.9 Å². The maximum atomic E-state index is 12.2. The van der Waals surface area contributed by atoms with Gasteiger partial charge in [0.05, 0.1) is 0 Å². The number of nitrogens with zero attached hydrogens (tertiary/aromatic N) is 3. The summed E-state index contributed by atoms with van der Waals surface area (Å²) in [4.78, 5) is 22.7. The highest BCUT2D eigenvalue weighted by molar-refractivity contribution is 5.94. The smallest absolute Gasteiger partial charge is 0.251 e. The average Bonchev–Trinajstić information content (AvgIpc) is 3.13. The second kappa shape index (κ2) is 7.96. The molecule has 0 spiro atoms. The van der Waals surface area contributed by atoms with Crippen LogP contribution in [0.1, 0.15) is 41.6 Å². The first-order valence-electron chi connectivity index (χ1n) is 8.75. The minimum atomic E-state index is 0.0196. The van der Waals surface area contributed by atoms with Crippen molar-refractivity contribution in [3.63, 3.8) is 0 Å². The van der Waals surface area contributed by atoms with Gasteiger partial charge in [0.2, 0.25) is 5.95 Å². The van der Waals surface area contributed by atoms with Crippen LogP contribution in [0.25, 0.3) is 0 Å². The molecule has 0 unspecified atom stereocenters. The summed E-state index contributed by atoms with van der Waals surface area (Å²) >= 11 is 0. The number of rotatable bonds is 6. The predicted molar refractivity (Wildman–Crippen MR) is 99.8 cm³/mol. The van der Waals surface area contributed by atoms with Gasteiger partial charge < -0.3 is 15.5 Å². The number of aromatic nitrogens is 2. The molecule has 0 saturated heterocycles. The molecule has 1 aliphatic carbocycles. The molecule has 0 bridgehead atoms. The molecule has 6 heteroatoms. The summed E-state index contributed by atoms with van der Waals surface area (Å²) in [7, 11) is 3.83. The molecule has 1 heterocycles. The molecule has 2 aromatic rings. The Balaban J connectivity index is 1.52. The number of benzene rings is 1. The molecule has 132 valence electrons. The Morgan fingerprint density at radius 3 is 2.36 bits per heavy atom. The maximum Gasteiger partial charge on any atom is 0.251 e. The first-order valence-corrected chi connectivity index (χ1v) is 8.75. The molecule has 0 radical (unpaired) electrons. The fourth-order valence-corrected chi connectivity index (χ4v) is 2.95. The third-order valence-electron chi connectivity index (χ3n) is 4.43. The van der Waals surface area contributed by atoms with Crippen molar-refractivity contribution in [2.24, 2.45) is 0 Å². The number of hydrogen-bond acceptors (Lipinski definition) is 5. The Morgan fingerprint density at radius 2 is 1.76 bits per heavy atom. The van der Waals surface area contributed by atoms with Gasteiger partial charge in [0.25, 0.3) is 5.91 Å². The number of carbonyl (C=O) groups excluding carboxylic acids is 1. The fourth-order valence-electron chi connectivity index (χ4n) is 2.95. The monoisotopic (exact) mass is 339 g/mol. The fraction of sp³-hybridized carbons (Fsp3) is 0.421. The van der Waals surface area contributed by atoms with Crippen LogP contribution in [-0.4, -0.2) is 36.0 Å². The van der Waals surface area contributed by atoms with Gasteiger partial charge in [-0.2, -0.15) is 0 Å². The molecule has 1 saturated carbocycles.